The molecule has 1 aliphatic rings. The molecule has 2 atom stereocenters. The molecule has 0 saturated carbocycles. The van der Waals surface area contributed by atoms with Gasteiger partial charge in [-0.2, -0.15) is 4.31 Å². The summed E-state index contributed by atoms with van der Waals surface area (Å²) in [6.07, 6.45) is 0.725. The Kier molecular flexibility index (Phi) is 4.69. The van der Waals surface area contributed by atoms with Gasteiger partial charge in [0.1, 0.15) is 4.90 Å². The van der Waals surface area contributed by atoms with Crippen LogP contribution in [0.3, 0.4) is 0 Å². The maximum Gasteiger partial charge on any atom is 0.246 e. The van der Waals surface area contributed by atoms with Crippen LogP contribution in [0, 0.1) is 17.7 Å². The van der Waals surface area contributed by atoms with Crippen LogP contribution in [0.2, 0.25) is 5.02 Å². The van der Waals surface area contributed by atoms with E-state index < -0.39 is 15.8 Å². The molecular weight excluding hydrogens is 303 g/mol. The average Bonchev–Trinajstić information content (AvgIpc) is 2.42. The molecule has 0 bridgehead atoms. The lowest BCUT2D eigenvalue weighted by Gasteiger charge is -2.35. The van der Waals surface area contributed by atoms with Gasteiger partial charge in [-0.1, -0.05) is 24.6 Å². The number of nitrogens with zero attached hydrogens (tertiary/aromatic N) is 1. The summed E-state index contributed by atoms with van der Waals surface area (Å²) in [7, 11) is -3.86. The van der Waals surface area contributed by atoms with Crippen molar-refractivity contribution in [1.29, 1.82) is 0 Å². The summed E-state index contributed by atoms with van der Waals surface area (Å²) in [5.74, 6) is -0.423. The monoisotopic (exact) mass is 320 g/mol. The van der Waals surface area contributed by atoms with Crippen molar-refractivity contribution in [1.82, 2.24) is 4.31 Å². The number of hydrogen-bond donors (Lipinski definition) is 1. The zero-order valence-corrected chi connectivity index (χ0v) is 12.8. The Hall–Kier alpha value is -0.690. The van der Waals surface area contributed by atoms with Crippen LogP contribution in [-0.4, -0.2) is 32.4 Å². The minimum Gasteiger partial charge on any atom is -0.330 e. The number of piperidine rings is 1. The third-order valence-corrected chi connectivity index (χ3v) is 6.09. The van der Waals surface area contributed by atoms with E-state index in [0.29, 0.717) is 25.6 Å². The standard InChI is InChI=1S/C13H18ClFN2O2S/c1-9-5-6-17(8-10(9)7-16)20(18,19)12-4-2-3-11(14)13(12)15/h2-4,9-10H,5-8,16H2,1H3. The molecule has 1 aliphatic heterocycles. The maximum atomic E-state index is 13.9. The zero-order chi connectivity index (χ0) is 14.9. The Balaban J connectivity index is 2.33. The summed E-state index contributed by atoms with van der Waals surface area (Å²) in [5.41, 5.74) is 5.68. The summed E-state index contributed by atoms with van der Waals surface area (Å²) < 4.78 is 40.3. The van der Waals surface area contributed by atoms with E-state index in [-0.39, 0.29) is 15.8 Å². The Morgan fingerprint density at radius 2 is 2.20 bits per heavy atom. The van der Waals surface area contributed by atoms with Crippen molar-refractivity contribution in [3.63, 3.8) is 0 Å². The van der Waals surface area contributed by atoms with Crippen molar-refractivity contribution in [2.45, 2.75) is 18.2 Å². The molecule has 0 amide bonds. The molecule has 1 aromatic carbocycles. The van der Waals surface area contributed by atoms with E-state index in [1.807, 2.05) is 0 Å². The number of halogens is 2. The van der Waals surface area contributed by atoms with Crippen LogP contribution in [0.5, 0.6) is 0 Å². The number of hydrogen-bond acceptors (Lipinski definition) is 3. The van der Waals surface area contributed by atoms with Gasteiger partial charge < -0.3 is 5.73 Å². The van der Waals surface area contributed by atoms with Crippen molar-refractivity contribution >= 4 is 21.6 Å². The van der Waals surface area contributed by atoms with Crippen LogP contribution < -0.4 is 5.73 Å². The van der Waals surface area contributed by atoms with E-state index in [2.05, 4.69) is 6.92 Å². The molecule has 1 aromatic rings. The SMILES string of the molecule is CC1CCN(S(=O)(=O)c2cccc(Cl)c2F)CC1CN. The summed E-state index contributed by atoms with van der Waals surface area (Å²) in [5, 5.41) is -0.188. The van der Waals surface area contributed by atoms with Crippen LogP contribution in [0.1, 0.15) is 13.3 Å². The Morgan fingerprint density at radius 3 is 2.85 bits per heavy atom. The number of sulfonamides is 1. The first-order chi connectivity index (χ1) is 9.37. The molecule has 1 saturated heterocycles. The van der Waals surface area contributed by atoms with Gasteiger partial charge in [0, 0.05) is 13.1 Å². The van der Waals surface area contributed by atoms with Gasteiger partial charge in [-0.3, -0.25) is 0 Å². The fraction of sp³-hybridized carbons (Fsp3) is 0.538. The van der Waals surface area contributed by atoms with Crippen molar-refractivity contribution in [2.24, 2.45) is 17.6 Å². The van der Waals surface area contributed by atoms with Gasteiger partial charge in [-0.25, -0.2) is 12.8 Å². The van der Waals surface area contributed by atoms with Gasteiger partial charge in [0.25, 0.3) is 0 Å². The first-order valence-electron chi connectivity index (χ1n) is 6.52. The van der Waals surface area contributed by atoms with Gasteiger partial charge in [-0.15, -0.1) is 0 Å². The van der Waals surface area contributed by atoms with Crippen molar-refractivity contribution in [3.05, 3.63) is 29.0 Å². The molecule has 2 N–H and O–H groups in total. The van der Waals surface area contributed by atoms with Crippen molar-refractivity contribution in [2.75, 3.05) is 19.6 Å². The highest BCUT2D eigenvalue weighted by atomic mass is 35.5. The lowest BCUT2D eigenvalue weighted by molar-refractivity contribution is 0.203. The van der Waals surface area contributed by atoms with Crippen LogP contribution in [-0.2, 0) is 10.0 Å². The van der Waals surface area contributed by atoms with Gasteiger partial charge in [0.15, 0.2) is 5.82 Å². The number of benzene rings is 1. The van der Waals surface area contributed by atoms with Crippen LogP contribution in [0.25, 0.3) is 0 Å². The van der Waals surface area contributed by atoms with E-state index in [4.69, 9.17) is 17.3 Å². The molecule has 7 heteroatoms. The molecule has 112 valence electrons. The third kappa shape index (κ3) is 2.83. The predicted octanol–water partition coefficient (Wildman–Crippen LogP) is 2.08. The molecular formula is C13H18ClFN2O2S. The second-order valence-electron chi connectivity index (χ2n) is 5.18. The third-order valence-electron chi connectivity index (χ3n) is 3.91. The summed E-state index contributed by atoms with van der Waals surface area (Å²) in [6.45, 7) is 3.19. The van der Waals surface area contributed by atoms with Gasteiger partial charge >= 0.3 is 0 Å². The summed E-state index contributed by atoms with van der Waals surface area (Å²) in [4.78, 5) is -0.365. The first kappa shape index (κ1) is 15.7. The van der Waals surface area contributed by atoms with Crippen molar-refractivity contribution in [3.8, 4) is 0 Å². The highest BCUT2D eigenvalue weighted by molar-refractivity contribution is 7.89. The second kappa shape index (κ2) is 5.97. The normalized spacial score (nSPS) is 24.8. The first-order valence-corrected chi connectivity index (χ1v) is 8.34. The zero-order valence-electron chi connectivity index (χ0n) is 11.2. The van der Waals surface area contributed by atoms with Crippen LogP contribution in [0.4, 0.5) is 4.39 Å². The van der Waals surface area contributed by atoms with Crippen LogP contribution >= 0.6 is 11.6 Å². The molecule has 0 radical (unpaired) electrons. The topological polar surface area (TPSA) is 63.4 Å². The fourth-order valence-corrected chi connectivity index (χ4v) is 4.29. The molecule has 0 aromatic heterocycles. The summed E-state index contributed by atoms with van der Waals surface area (Å²) in [6, 6.07) is 4.01. The number of nitrogens with two attached hydrogens (primary N) is 1. The van der Waals surface area contributed by atoms with Gasteiger partial charge in [-0.05, 0) is 36.9 Å². The highest BCUT2D eigenvalue weighted by Gasteiger charge is 2.34. The smallest absolute Gasteiger partial charge is 0.246 e. The molecule has 4 nitrogen and oxygen atoms in total. The van der Waals surface area contributed by atoms with E-state index in [0.717, 1.165) is 6.42 Å². The molecule has 20 heavy (non-hydrogen) atoms. The van der Waals surface area contributed by atoms with E-state index in [9.17, 15) is 12.8 Å². The minimum absolute atomic E-state index is 0.0979. The minimum atomic E-state index is -3.86. The Morgan fingerprint density at radius 1 is 1.50 bits per heavy atom. The lowest BCUT2D eigenvalue weighted by atomic mass is 9.88. The predicted molar refractivity (Wildman–Crippen MR) is 76.5 cm³/mol. The number of rotatable bonds is 3. The molecule has 1 heterocycles. The summed E-state index contributed by atoms with van der Waals surface area (Å²) >= 11 is 5.66. The average molecular weight is 321 g/mol. The molecule has 2 rings (SSSR count). The second-order valence-corrected chi connectivity index (χ2v) is 7.49. The highest BCUT2D eigenvalue weighted by Crippen LogP contribution is 2.29. The quantitative estimate of drug-likeness (QED) is 0.927. The van der Waals surface area contributed by atoms with Crippen molar-refractivity contribution < 1.29 is 12.8 Å². The van der Waals surface area contributed by atoms with Gasteiger partial charge in [0.2, 0.25) is 10.0 Å². The van der Waals surface area contributed by atoms with E-state index in [1.54, 1.807) is 0 Å². The Bertz CT molecular complexity index is 594. The largest absolute Gasteiger partial charge is 0.330 e. The van der Waals surface area contributed by atoms with Gasteiger partial charge in [0.05, 0.1) is 5.02 Å². The van der Waals surface area contributed by atoms with E-state index >= 15 is 0 Å². The molecule has 0 aliphatic carbocycles. The van der Waals surface area contributed by atoms with E-state index in [1.165, 1.54) is 22.5 Å². The Labute approximate surface area is 123 Å². The fourth-order valence-electron chi connectivity index (χ4n) is 2.46. The van der Waals surface area contributed by atoms with Crippen LogP contribution in [0.15, 0.2) is 23.1 Å². The lowest BCUT2D eigenvalue weighted by Crippen LogP contribution is -2.45. The maximum absolute atomic E-state index is 13.9. The molecule has 0 spiro atoms. The molecule has 2 unspecified atom stereocenters. The molecule has 1 fully saturated rings.